The molecule has 0 spiro atoms. The minimum absolute atomic E-state index is 0.208. The fraction of sp³-hybridized carbons (Fsp3) is 0.562. The van der Waals surface area contributed by atoms with Gasteiger partial charge in [0.2, 0.25) is 0 Å². The zero-order valence-electron chi connectivity index (χ0n) is 12.6. The monoisotopic (exact) mass is 275 g/mol. The van der Waals surface area contributed by atoms with Crippen LogP contribution in [0.1, 0.15) is 27.2 Å². The van der Waals surface area contributed by atoms with Crippen LogP contribution in [-0.2, 0) is 4.74 Å². The molecule has 1 radical (unpaired) electrons. The first kappa shape index (κ1) is 14.7. The van der Waals surface area contributed by atoms with Gasteiger partial charge in [0, 0.05) is 31.9 Å². The summed E-state index contributed by atoms with van der Waals surface area (Å²) in [5.74, 6) is 0. The Hall–Kier alpha value is -1.71. The minimum Gasteiger partial charge on any atom is -0.444 e. The molecule has 0 bridgehead atoms. The molecule has 1 saturated heterocycles. The molecule has 4 heteroatoms. The molecule has 0 aliphatic carbocycles. The van der Waals surface area contributed by atoms with E-state index in [0.29, 0.717) is 6.54 Å². The Bertz CT molecular complexity index is 440. The summed E-state index contributed by atoms with van der Waals surface area (Å²) in [5, 5.41) is 0. The Morgan fingerprint density at radius 2 is 1.85 bits per heavy atom. The van der Waals surface area contributed by atoms with Crippen molar-refractivity contribution < 1.29 is 9.53 Å². The minimum atomic E-state index is -0.432. The van der Waals surface area contributed by atoms with Crippen LogP contribution >= 0.6 is 0 Å². The molecule has 1 amide bonds. The molecular weight excluding hydrogens is 252 g/mol. The van der Waals surface area contributed by atoms with Crippen molar-refractivity contribution >= 4 is 11.8 Å². The third kappa shape index (κ3) is 4.15. The Balaban J connectivity index is 1.94. The van der Waals surface area contributed by atoms with Crippen molar-refractivity contribution in [2.75, 3.05) is 31.1 Å². The fourth-order valence-electron chi connectivity index (χ4n) is 2.27. The lowest BCUT2D eigenvalue weighted by atomic mass is 10.2. The van der Waals surface area contributed by atoms with Gasteiger partial charge < -0.3 is 14.5 Å². The summed E-state index contributed by atoms with van der Waals surface area (Å²) in [6, 6.07) is 11.0. The lowest BCUT2D eigenvalue weighted by molar-refractivity contribution is 0.0263. The second kappa shape index (κ2) is 6.16. The Morgan fingerprint density at radius 1 is 1.15 bits per heavy atom. The number of nitrogens with zero attached hydrogens (tertiary/aromatic N) is 2. The highest BCUT2D eigenvalue weighted by molar-refractivity contribution is 5.68. The first-order valence-corrected chi connectivity index (χ1v) is 7.15. The van der Waals surface area contributed by atoms with Crippen LogP contribution in [0.15, 0.2) is 24.3 Å². The van der Waals surface area contributed by atoms with Crippen molar-refractivity contribution in [3.05, 3.63) is 30.3 Å². The molecular formula is C16H23N2O2. The number of amides is 1. The summed E-state index contributed by atoms with van der Waals surface area (Å²) in [6.45, 7) is 8.95. The second-order valence-electron chi connectivity index (χ2n) is 6.07. The van der Waals surface area contributed by atoms with Crippen LogP contribution in [0, 0.1) is 6.07 Å². The van der Waals surface area contributed by atoms with Crippen molar-refractivity contribution in [2.24, 2.45) is 0 Å². The van der Waals surface area contributed by atoms with Gasteiger partial charge in [-0.15, -0.1) is 0 Å². The number of benzene rings is 1. The SMILES string of the molecule is CC(C)(C)OC(=O)N1CCCN(c2cc[c]cc2)CC1. The number of carbonyl (C=O) groups excluding carboxylic acids is 1. The van der Waals surface area contributed by atoms with Gasteiger partial charge in [0.1, 0.15) is 5.60 Å². The zero-order valence-corrected chi connectivity index (χ0v) is 12.6. The van der Waals surface area contributed by atoms with E-state index in [4.69, 9.17) is 4.74 Å². The van der Waals surface area contributed by atoms with Gasteiger partial charge in [-0.3, -0.25) is 0 Å². The molecule has 1 aromatic carbocycles. The highest BCUT2D eigenvalue weighted by Gasteiger charge is 2.24. The lowest BCUT2D eigenvalue weighted by Crippen LogP contribution is -2.39. The van der Waals surface area contributed by atoms with Gasteiger partial charge >= 0.3 is 6.09 Å². The van der Waals surface area contributed by atoms with E-state index in [0.717, 1.165) is 26.1 Å². The quantitative estimate of drug-likeness (QED) is 0.790. The van der Waals surface area contributed by atoms with E-state index >= 15 is 0 Å². The standard InChI is InChI=1S/C16H23N2O2/c1-16(2,3)20-15(19)18-11-7-10-17(12-13-18)14-8-5-4-6-9-14/h5-6,8-9H,7,10-13H2,1-3H3. The predicted molar refractivity (Wildman–Crippen MR) is 79.9 cm³/mol. The summed E-state index contributed by atoms with van der Waals surface area (Å²) >= 11 is 0. The molecule has 1 heterocycles. The van der Waals surface area contributed by atoms with Crippen LogP contribution in [0.3, 0.4) is 0 Å². The van der Waals surface area contributed by atoms with Gasteiger partial charge in [-0.25, -0.2) is 4.79 Å². The average molecular weight is 275 g/mol. The number of ether oxygens (including phenoxy) is 1. The van der Waals surface area contributed by atoms with Crippen molar-refractivity contribution in [2.45, 2.75) is 32.8 Å². The fourth-order valence-corrected chi connectivity index (χ4v) is 2.27. The Morgan fingerprint density at radius 3 is 2.50 bits per heavy atom. The smallest absolute Gasteiger partial charge is 0.410 e. The van der Waals surface area contributed by atoms with Crippen molar-refractivity contribution in [1.29, 1.82) is 0 Å². The van der Waals surface area contributed by atoms with E-state index in [1.165, 1.54) is 5.69 Å². The topological polar surface area (TPSA) is 32.8 Å². The second-order valence-corrected chi connectivity index (χ2v) is 6.07. The van der Waals surface area contributed by atoms with E-state index < -0.39 is 5.60 Å². The molecule has 1 aromatic rings. The van der Waals surface area contributed by atoms with Gasteiger partial charge in [-0.05, 0) is 45.4 Å². The van der Waals surface area contributed by atoms with Crippen molar-refractivity contribution in [3.63, 3.8) is 0 Å². The molecule has 0 N–H and O–H groups in total. The first-order valence-electron chi connectivity index (χ1n) is 7.15. The van der Waals surface area contributed by atoms with Crippen LogP contribution in [0.25, 0.3) is 0 Å². The first-order chi connectivity index (χ1) is 9.46. The lowest BCUT2D eigenvalue weighted by Gasteiger charge is -2.26. The normalized spacial score (nSPS) is 16.8. The summed E-state index contributed by atoms with van der Waals surface area (Å²) in [5.41, 5.74) is 0.757. The van der Waals surface area contributed by atoms with Crippen LogP contribution < -0.4 is 4.90 Å². The zero-order chi connectivity index (χ0) is 14.6. The van der Waals surface area contributed by atoms with E-state index in [-0.39, 0.29) is 6.09 Å². The molecule has 109 valence electrons. The molecule has 1 aliphatic rings. The molecule has 20 heavy (non-hydrogen) atoms. The maximum atomic E-state index is 12.1. The molecule has 0 aromatic heterocycles. The summed E-state index contributed by atoms with van der Waals surface area (Å²) in [7, 11) is 0. The largest absolute Gasteiger partial charge is 0.444 e. The van der Waals surface area contributed by atoms with E-state index in [9.17, 15) is 4.79 Å². The molecule has 0 atom stereocenters. The number of anilines is 1. The maximum absolute atomic E-state index is 12.1. The number of hydrogen-bond donors (Lipinski definition) is 0. The van der Waals surface area contributed by atoms with E-state index in [1.54, 1.807) is 4.90 Å². The average Bonchev–Trinajstić information content (AvgIpc) is 2.63. The van der Waals surface area contributed by atoms with Crippen molar-refractivity contribution in [1.82, 2.24) is 4.90 Å². The van der Waals surface area contributed by atoms with Crippen molar-refractivity contribution in [3.8, 4) is 0 Å². The number of hydrogen-bond acceptors (Lipinski definition) is 3. The third-order valence-electron chi connectivity index (χ3n) is 3.21. The summed E-state index contributed by atoms with van der Waals surface area (Å²) in [4.78, 5) is 16.2. The number of rotatable bonds is 1. The van der Waals surface area contributed by atoms with Gasteiger partial charge in [-0.1, -0.05) is 12.1 Å². The van der Waals surface area contributed by atoms with Gasteiger partial charge in [0.05, 0.1) is 0 Å². The third-order valence-corrected chi connectivity index (χ3v) is 3.21. The molecule has 0 unspecified atom stereocenters. The molecule has 4 nitrogen and oxygen atoms in total. The summed E-state index contributed by atoms with van der Waals surface area (Å²) < 4.78 is 5.44. The Kier molecular flexibility index (Phi) is 4.53. The van der Waals surface area contributed by atoms with E-state index in [2.05, 4.69) is 23.1 Å². The van der Waals surface area contributed by atoms with Crippen LogP contribution in [-0.4, -0.2) is 42.8 Å². The molecule has 2 rings (SSSR count). The summed E-state index contributed by atoms with van der Waals surface area (Å²) in [6.07, 6.45) is 0.749. The number of carbonyl (C=O) groups is 1. The molecule has 1 fully saturated rings. The molecule has 0 saturated carbocycles. The van der Waals surface area contributed by atoms with Crippen LogP contribution in [0.5, 0.6) is 0 Å². The van der Waals surface area contributed by atoms with Gasteiger partial charge in [0.15, 0.2) is 0 Å². The molecule has 1 aliphatic heterocycles. The highest BCUT2D eigenvalue weighted by Crippen LogP contribution is 2.17. The van der Waals surface area contributed by atoms with Gasteiger partial charge in [-0.2, -0.15) is 0 Å². The Labute approximate surface area is 121 Å². The maximum Gasteiger partial charge on any atom is 0.410 e. The predicted octanol–water partition coefficient (Wildman–Crippen LogP) is 2.93. The van der Waals surface area contributed by atoms with Crippen LogP contribution in [0.2, 0.25) is 0 Å². The van der Waals surface area contributed by atoms with E-state index in [1.807, 2.05) is 32.9 Å². The van der Waals surface area contributed by atoms with Gasteiger partial charge in [0.25, 0.3) is 0 Å². The van der Waals surface area contributed by atoms with Crippen LogP contribution in [0.4, 0.5) is 10.5 Å². The highest BCUT2D eigenvalue weighted by atomic mass is 16.6.